The van der Waals surface area contributed by atoms with Crippen molar-refractivity contribution in [1.29, 1.82) is 0 Å². The Hall–Kier alpha value is -1.36. The molecule has 1 aromatic carbocycles. The number of fused-ring (bicyclic) bond motifs is 3. The number of nitrogens with zero attached hydrogens (tertiary/aromatic N) is 3. The summed E-state index contributed by atoms with van der Waals surface area (Å²) < 4.78 is 2.24. The molecule has 1 saturated heterocycles. The molecule has 0 amide bonds. The molecule has 4 nitrogen and oxygen atoms in total. The molecule has 0 bridgehead atoms. The predicted molar refractivity (Wildman–Crippen MR) is 91.5 cm³/mol. The summed E-state index contributed by atoms with van der Waals surface area (Å²) in [6.07, 6.45) is 1.55. The van der Waals surface area contributed by atoms with E-state index in [-0.39, 0.29) is 0 Å². The number of benzene rings is 1. The van der Waals surface area contributed by atoms with E-state index >= 15 is 0 Å². The quantitative estimate of drug-likeness (QED) is 0.878. The molecule has 4 heterocycles. The monoisotopic (exact) mass is 311 g/mol. The van der Waals surface area contributed by atoms with Crippen LogP contribution in [-0.4, -0.2) is 51.2 Å². The van der Waals surface area contributed by atoms with Gasteiger partial charge in [0.15, 0.2) is 0 Å². The van der Waals surface area contributed by atoms with Crippen LogP contribution in [0, 0.1) is 0 Å². The summed E-state index contributed by atoms with van der Waals surface area (Å²) in [6, 6.07) is 10.1. The Kier molecular flexibility index (Phi) is 2.94. The van der Waals surface area contributed by atoms with E-state index in [2.05, 4.69) is 52.5 Å². The van der Waals surface area contributed by atoms with Crippen LogP contribution in [0.25, 0.3) is 10.9 Å². The van der Waals surface area contributed by atoms with Crippen molar-refractivity contribution in [2.45, 2.75) is 51.0 Å². The SMILES string of the molecule is CC(C)N1CCN2CCc3c4n(c5ccccc35)C(O)C[C@@H]1[C@H]42. The summed E-state index contributed by atoms with van der Waals surface area (Å²) >= 11 is 0. The van der Waals surface area contributed by atoms with Gasteiger partial charge in [-0.1, -0.05) is 18.2 Å². The molecule has 1 fully saturated rings. The second-order valence-corrected chi connectivity index (χ2v) is 7.60. The molecular weight excluding hydrogens is 286 g/mol. The van der Waals surface area contributed by atoms with E-state index in [1.807, 2.05) is 0 Å². The fraction of sp³-hybridized carbons (Fsp3) is 0.579. The van der Waals surface area contributed by atoms with Crippen molar-refractivity contribution >= 4 is 10.9 Å². The Morgan fingerprint density at radius 2 is 1.96 bits per heavy atom. The van der Waals surface area contributed by atoms with Crippen LogP contribution in [0.1, 0.15) is 43.8 Å². The number of aliphatic hydroxyl groups excluding tert-OH is 1. The van der Waals surface area contributed by atoms with Crippen molar-refractivity contribution in [3.63, 3.8) is 0 Å². The molecule has 0 aliphatic carbocycles. The van der Waals surface area contributed by atoms with E-state index in [0.717, 1.165) is 32.5 Å². The van der Waals surface area contributed by atoms with E-state index in [1.54, 1.807) is 0 Å². The van der Waals surface area contributed by atoms with E-state index in [4.69, 9.17) is 0 Å². The summed E-state index contributed by atoms with van der Waals surface area (Å²) in [5.41, 5.74) is 4.09. The Balaban J connectivity index is 1.76. The van der Waals surface area contributed by atoms with Gasteiger partial charge in [-0.25, -0.2) is 0 Å². The molecule has 3 aliphatic heterocycles. The third-order valence-corrected chi connectivity index (χ3v) is 6.23. The van der Waals surface area contributed by atoms with Gasteiger partial charge in [0.05, 0.1) is 11.6 Å². The fourth-order valence-electron chi connectivity index (χ4n) is 5.32. The summed E-state index contributed by atoms with van der Waals surface area (Å²) in [5, 5.41) is 12.3. The first-order chi connectivity index (χ1) is 11.2. The maximum atomic E-state index is 10.9. The van der Waals surface area contributed by atoms with Gasteiger partial charge < -0.3 is 9.67 Å². The first-order valence-electron chi connectivity index (χ1n) is 8.96. The van der Waals surface area contributed by atoms with Crippen LogP contribution in [-0.2, 0) is 6.42 Å². The largest absolute Gasteiger partial charge is 0.373 e. The van der Waals surface area contributed by atoms with Crippen molar-refractivity contribution in [3.8, 4) is 0 Å². The Morgan fingerprint density at radius 3 is 2.78 bits per heavy atom. The summed E-state index contributed by atoms with van der Waals surface area (Å²) in [5.74, 6) is 0. The van der Waals surface area contributed by atoms with Crippen LogP contribution in [0.5, 0.6) is 0 Å². The molecule has 0 spiro atoms. The zero-order valence-corrected chi connectivity index (χ0v) is 13.9. The molecule has 2 aromatic rings. The third-order valence-electron chi connectivity index (χ3n) is 6.23. The maximum Gasteiger partial charge on any atom is 0.132 e. The van der Waals surface area contributed by atoms with Crippen molar-refractivity contribution in [3.05, 3.63) is 35.5 Å². The predicted octanol–water partition coefficient (Wildman–Crippen LogP) is 2.53. The van der Waals surface area contributed by atoms with Crippen molar-refractivity contribution < 1.29 is 5.11 Å². The molecular formula is C19H25N3O. The summed E-state index contributed by atoms with van der Waals surface area (Å²) in [4.78, 5) is 5.27. The Bertz CT molecular complexity index is 765. The lowest BCUT2D eigenvalue weighted by molar-refractivity contribution is -0.0632. The molecule has 122 valence electrons. The molecule has 5 rings (SSSR count). The third kappa shape index (κ3) is 1.77. The molecule has 0 radical (unpaired) electrons. The van der Waals surface area contributed by atoms with Gasteiger partial charge in [-0.2, -0.15) is 0 Å². The van der Waals surface area contributed by atoms with Crippen molar-refractivity contribution in [2.24, 2.45) is 0 Å². The number of piperazine rings is 1. The van der Waals surface area contributed by atoms with Gasteiger partial charge in [0.1, 0.15) is 6.23 Å². The standard InChI is InChI=1S/C19H25N3O/c1-12(2)21-10-9-20-8-7-14-13-5-3-4-6-15(13)22-17(23)11-16(21)19(20)18(14)22/h3-6,12,16-17,19,23H,7-11H2,1-2H3/t16-,17?,19-/m1/s1. The highest BCUT2D eigenvalue weighted by atomic mass is 16.3. The maximum absolute atomic E-state index is 10.9. The number of para-hydroxylation sites is 1. The Labute approximate surface area is 137 Å². The average Bonchev–Trinajstić information content (AvgIpc) is 2.89. The Morgan fingerprint density at radius 1 is 1.13 bits per heavy atom. The minimum Gasteiger partial charge on any atom is -0.373 e. The minimum atomic E-state index is -0.399. The van der Waals surface area contributed by atoms with Crippen molar-refractivity contribution in [2.75, 3.05) is 19.6 Å². The van der Waals surface area contributed by atoms with Crippen LogP contribution in [0.2, 0.25) is 0 Å². The van der Waals surface area contributed by atoms with E-state index in [9.17, 15) is 5.11 Å². The first-order valence-corrected chi connectivity index (χ1v) is 8.96. The molecule has 3 atom stereocenters. The van der Waals surface area contributed by atoms with Crippen LogP contribution >= 0.6 is 0 Å². The lowest BCUT2D eigenvalue weighted by atomic mass is 9.85. The lowest BCUT2D eigenvalue weighted by Crippen LogP contribution is -2.60. The summed E-state index contributed by atoms with van der Waals surface area (Å²) in [7, 11) is 0. The summed E-state index contributed by atoms with van der Waals surface area (Å²) in [6.45, 7) is 8.01. The smallest absolute Gasteiger partial charge is 0.132 e. The molecule has 1 aromatic heterocycles. The van der Waals surface area contributed by atoms with Crippen molar-refractivity contribution in [1.82, 2.24) is 14.4 Å². The van der Waals surface area contributed by atoms with E-state index in [0.29, 0.717) is 18.1 Å². The van der Waals surface area contributed by atoms with Crippen LogP contribution < -0.4 is 0 Å². The second kappa shape index (κ2) is 4.82. The van der Waals surface area contributed by atoms with Gasteiger partial charge in [-0.3, -0.25) is 9.80 Å². The zero-order valence-electron chi connectivity index (χ0n) is 13.9. The van der Waals surface area contributed by atoms with Crippen LogP contribution in [0.15, 0.2) is 24.3 Å². The molecule has 1 N–H and O–H groups in total. The second-order valence-electron chi connectivity index (χ2n) is 7.60. The molecule has 0 saturated carbocycles. The average molecular weight is 311 g/mol. The van der Waals surface area contributed by atoms with Gasteiger partial charge in [0.2, 0.25) is 0 Å². The van der Waals surface area contributed by atoms with Gasteiger partial charge in [0, 0.05) is 49.2 Å². The highest BCUT2D eigenvalue weighted by Crippen LogP contribution is 2.48. The van der Waals surface area contributed by atoms with Gasteiger partial charge in [-0.15, -0.1) is 0 Å². The van der Waals surface area contributed by atoms with Gasteiger partial charge in [-0.05, 0) is 31.9 Å². The van der Waals surface area contributed by atoms with Gasteiger partial charge in [0.25, 0.3) is 0 Å². The van der Waals surface area contributed by atoms with Gasteiger partial charge >= 0.3 is 0 Å². The highest BCUT2D eigenvalue weighted by Gasteiger charge is 2.47. The lowest BCUT2D eigenvalue weighted by Gasteiger charge is -2.54. The van der Waals surface area contributed by atoms with Crippen LogP contribution in [0.3, 0.4) is 0 Å². The zero-order chi connectivity index (χ0) is 15.7. The van der Waals surface area contributed by atoms with Crippen LogP contribution in [0.4, 0.5) is 0 Å². The number of aliphatic hydroxyl groups is 1. The number of aromatic nitrogens is 1. The highest BCUT2D eigenvalue weighted by molar-refractivity contribution is 5.86. The fourth-order valence-corrected chi connectivity index (χ4v) is 5.32. The number of hydrogen-bond acceptors (Lipinski definition) is 3. The van der Waals surface area contributed by atoms with E-state index < -0.39 is 6.23 Å². The minimum absolute atomic E-state index is 0.399. The van der Waals surface area contributed by atoms with E-state index in [1.165, 1.54) is 22.2 Å². The molecule has 1 unspecified atom stereocenters. The topological polar surface area (TPSA) is 31.6 Å². The first kappa shape index (κ1) is 14.0. The molecule has 4 heteroatoms. The normalized spacial score (nSPS) is 30.9. The molecule has 23 heavy (non-hydrogen) atoms. The molecule has 3 aliphatic rings. The number of rotatable bonds is 1. The number of hydrogen-bond donors (Lipinski definition) is 1.